The number of carbonyl (C=O) groups is 1. The molecule has 7 nitrogen and oxygen atoms in total. The molecule has 190 valence electrons. The number of thioether (sulfide) groups is 1. The summed E-state index contributed by atoms with van der Waals surface area (Å²) in [6, 6.07) is 11.4. The number of aryl methyl sites for hydroxylation is 2. The van der Waals surface area contributed by atoms with Crippen molar-refractivity contribution in [1.29, 1.82) is 0 Å². The van der Waals surface area contributed by atoms with Gasteiger partial charge in [0, 0.05) is 38.4 Å². The monoisotopic (exact) mass is 507 g/mol. The third-order valence-electron chi connectivity index (χ3n) is 6.01. The van der Waals surface area contributed by atoms with E-state index in [-0.39, 0.29) is 17.1 Å². The first-order valence-electron chi connectivity index (χ1n) is 12.3. The highest BCUT2D eigenvalue weighted by Crippen LogP contribution is 2.23. The molecular formula is C28H33N3O4S. The van der Waals surface area contributed by atoms with Crippen molar-refractivity contribution in [3.05, 3.63) is 87.1 Å². The van der Waals surface area contributed by atoms with Crippen LogP contribution in [-0.2, 0) is 13.2 Å². The van der Waals surface area contributed by atoms with Crippen LogP contribution in [0.25, 0.3) is 0 Å². The smallest absolute Gasteiger partial charge is 0.256 e. The number of carbonyl (C=O) groups excluding carboxylic acids is 1. The molecule has 0 bridgehead atoms. The molecule has 1 amide bonds. The summed E-state index contributed by atoms with van der Waals surface area (Å²) in [5.74, 6) is 1.76. The van der Waals surface area contributed by atoms with Gasteiger partial charge in [-0.25, -0.2) is 4.98 Å². The molecule has 0 spiro atoms. The van der Waals surface area contributed by atoms with Crippen molar-refractivity contribution in [2.24, 2.45) is 0 Å². The maximum atomic E-state index is 13.1. The van der Waals surface area contributed by atoms with E-state index < -0.39 is 0 Å². The van der Waals surface area contributed by atoms with Gasteiger partial charge in [-0.3, -0.25) is 14.5 Å². The second kappa shape index (κ2) is 12.2. The lowest BCUT2D eigenvalue weighted by molar-refractivity contribution is 0.0615. The number of rotatable bonds is 9. The number of piperazine rings is 1. The number of aromatic nitrogens is 1. The van der Waals surface area contributed by atoms with Crippen molar-refractivity contribution in [3.8, 4) is 5.75 Å². The van der Waals surface area contributed by atoms with Gasteiger partial charge in [-0.15, -0.1) is 11.8 Å². The van der Waals surface area contributed by atoms with E-state index in [2.05, 4.69) is 22.9 Å². The van der Waals surface area contributed by atoms with Crippen LogP contribution in [0, 0.1) is 13.8 Å². The molecular weight excluding hydrogens is 474 g/mol. The fourth-order valence-electron chi connectivity index (χ4n) is 4.31. The van der Waals surface area contributed by atoms with Gasteiger partial charge in [-0.1, -0.05) is 36.2 Å². The van der Waals surface area contributed by atoms with Gasteiger partial charge in [-0.2, -0.15) is 0 Å². The van der Waals surface area contributed by atoms with Gasteiger partial charge in [0.15, 0.2) is 0 Å². The molecule has 0 atom stereocenters. The van der Waals surface area contributed by atoms with E-state index >= 15 is 0 Å². The first-order chi connectivity index (χ1) is 17.4. The van der Waals surface area contributed by atoms with E-state index in [4.69, 9.17) is 9.15 Å². The first kappa shape index (κ1) is 26.0. The fourth-order valence-corrected chi connectivity index (χ4v) is 5.15. The lowest BCUT2D eigenvalue weighted by atomic mass is 10.1. The average molecular weight is 508 g/mol. The summed E-state index contributed by atoms with van der Waals surface area (Å²) in [7, 11) is 0. The molecule has 36 heavy (non-hydrogen) atoms. The number of benzene rings is 1. The molecule has 3 aromatic rings. The van der Waals surface area contributed by atoms with Crippen LogP contribution in [0.2, 0.25) is 0 Å². The Morgan fingerprint density at radius 3 is 2.56 bits per heavy atom. The highest BCUT2D eigenvalue weighted by molar-refractivity contribution is 7.99. The molecule has 1 aliphatic heterocycles. The van der Waals surface area contributed by atoms with Gasteiger partial charge >= 0.3 is 0 Å². The maximum absolute atomic E-state index is 13.1. The van der Waals surface area contributed by atoms with Gasteiger partial charge < -0.3 is 14.1 Å². The maximum Gasteiger partial charge on any atom is 0.256 e. The van der Waals surface area contributed by atoms with Gasteiger partial charge in [0.25, 0.3) is 5.91 Å². The minimum atomic E-state index is -0.192. The summed E-state index contributed by atoms with van der Waals surface area (Å²) >= 11 is 1.63. The lowest BCUT2D eigenvalue weighted by Gasteiger charge is -2.34. The molecule has 1 saturated heterocycles. The molecule has 0 saturated carbocycles. The van der Waals surface area contributed by atoms with E-state index in [1.165, 1.54) is 12.3 Å². The zero-order chi connectivity index (χ0) is 25.5. The Hall–Kier alpha value is -3.10. The molecule has 1 aromatic carbocycles. The minimum absolute atomic E-state index is 0.0261. The molecule has 0 N–H and O–H groups in total. The molecule has 1 fully saturated rings. The predicted molar refractivity (Wildman–Crippen MR) is 142 cm³/mol. The number of pyridine rings is 1. The van der Waals surface area contributed by atoms with Crippen molar-refractivity contribution >= 4 is 17.7 Å². The van der Waals surface area contributed by atoms with Crippen LogP contribution in [0.1, 0.15) is 46.2 Å². The Bertz CT molecular complexity index is 1230. The van der Waals surface area contributed by atoms with Crippen LogP contribution in [0.15, 0.2) is 63.1 Å². The molecule has 0 aliphatic carbocycles. The fraction of sp³-hybridized carbons (Fsp3) is 0.393. The number of amides is 1. The Kier molecular flexibility index (Phi) is 8.83. The third kappa shape index (κ3) is 6.77. The highest BCUT2D eigenvalue weighted by Gasteiger charge is 2.25. The molecule has 2 aromatic heterocycles. The van der Waals surface area contributed by atoms with Gasteiger partial charge in [-0.05, 0) is 43.7 Å². The number of hydrogen-bond acceptors (Lipinski definition) is 7. The van der Waals surface area contributed by atoms with Crippen LogP contribution in [-0.4, -0.2) is 52.6 Å². The second-order valence-corrected chi connectivity index (χ2v) is 10.2. The summed E-state index contributed by atoms with van der Waals surface area (Å²) in [6.45, 7) is 9.68. The molecule has 0 unspecified atom stereocenters. The van der Waals surface area contributed by atoms with Crippen LogP contribution < -0.4 is 10.2 Å². The predicted octanol–water partition coefficient (Wildman–Crippen LogP) is 4.69. The standard InChI is InChI=1S/C28H33N3O4S/c1-4-12-36-27-24(6-5-7-29-27)28(33)31-10-8-30(9-11-31)17-23-16-25(32)26(19-34-23)35-18-22-14-20(2)13-21(3)15-22/h5-7,13-16,19H,4,8-12,17-18H2,1-3H3. The first-order valence-corrected chi connectivity index (χ1v) is 13.3. The van der Waals surface area contributed by atoms with Crippen molar-refractivity contribution in [2.45, 2.75) is 45.4 Å². The normalized spacial score (nSPS) is 14.1. The average Bonchev–Trinajstić information content (AvgIpc) is 2.87. The quantitative estimate of drug-likeness (QED) is 0.389. The number of ether oxygens (including phenoxy) is 1. The van der Waals surface area contributed by atoms with Crippen molar-refractivity contribution < 1.29 is 13.9 Å². The second-order valence-electron chi connectivity index (χ2n) is 9.13. The topological polar surface area (TPSA) is 75.9 Å². The summed E-state index contributed by atoms with van der Waals surface area (Å²) in [4.78, 5) is 34.2. The van der Waals surface area contributed by atoms with Gasteiger partial charge in [0.1, 0.15) is 23.7 Å². The number of nitrogens with zero attached hydrogens (tertiary/aromatic N) is 3. The van der Waals surface area contributed by atoms with E-state index in [1.807, 2.05) is 43.0 Å². The summed E-state index contributed by atoms with van der Waals surface area (Å²) < 4.78 is 11.4. The summed E-state index contributed by atoms with van der Waals surface area (Å²) in [6.07, 6.45) is 4.17. The zero-order valence-corrected chi connectivity index (χ0v) is 22.0. The Labute approximate surface area is 216 Å². The van der Waals surface area contributed by atoms with Crippen LogP contribution in [0.5, 0.6) is 5.75 Å². The molecule has 0 radical (unpaired) electrons. The number of hydrogen-bond donors (Lipinski definition) is 0. The minimum Gasteiger partial charge on any atom is -0.482 e. The van der Waals surface area contributed by atoms with Crippen molar-refractivity contribution in [3.63, 3.8) is 0 Å². The van der Waals surface area contributed by atoms with Gasteiger partial charge in [0.2, 0.25) is 11.2 Å². The Morgan fingerprint density at radius 2 is 1.86 bits per heavy atom. The Morgan fingerprint density at radius 1 is 1.11 bits per heavy atom. The van der Waals surface area contributed by atoms with E-state index in [1.54, 1.807) is 18.0 Å². The third-order valence-corrected chi connectivity index (χ3v) is 7.22. The van der Waals surface area contributed by atoms with Crippen LogP contribution in [0.3, 0.4) is 0 Å². The summed E-state index contributed by atoms with van der Waals surface area (Å²) in [5, 5.41) is 0.799. The van der Waals surface area contributed by atoms with Crippen molar-refractivity contribution in [1.82, 2.24) is 14.8 Å². The van der Waals surface area contributed by atoms with E-state index in [9.17, 15) is 9.59 Å². The zero-order valence-electron chi connectivity index (χ0n) is 21.2. The van der Waals surface area contributed by atoms with Gasteiger partial charge in [0.05, 0.1) is 12.1 Å². The van der Waals surface area contributed by atoms with E-state index in [0.717, 1.165) is 33.9 Å². The SMILES string of the molecule is CCCSc1ncccc1C(=O)N1CCN(Cc2cc(=O)c(OCc3cc(C)cc(C)c3)co2)CC1. The van der Waals surface area contributed by atoms with Crippen molar-refractivity contribution in [2.75, 3.05) is 31.9 Å². The molecule has 4 rings (SSSR count). The summed E-state index contributed by atoms with van der Waals surface area (Å²) in [5.41, 5.74) is 3.82. The molecule has 8 heteroatoms. The highest BCUT2D eigenvalue weighted by atomic mass is 32.2. The lowest BCUT2D eigenvalue weighted by Crippen LogP contribution is -2.48. The Balaban J connectivity index is 1.30. The molecule has 3 heterocycles. The molecule has 1 aliphatic rings. The van der Waals surface area contributed by atoms with E-state index in [0.29, 0.717) is 50.7 Å². The largest absolute Gasteiger partial charge is 0.482 e. The van der Waals surface area contributed by atoms with Crippen LogP contribution in [0.4, 0.5) is 0 Å². The van der Waals surface area contributed by atoms with Crippen LogP contribution >= 0.6 is 11.8 Å².